The van der Waals surface area contributed by atoms with E-state index in [9.17, 15) is 9.90 Å². The van der Waals surface area contributed by atoms with Gasteiger partial charge in [0.15, 0.2) is 5.78 Å². The van der Waals surface area contributed by atoms with Crippen LogP contribution in [0.1, 0.15) is 25.0 Å². The topological polar surface area (TPSA) is 85.7 Å². The van der Waals surface area contributed by atoms with Crippen molar-refractivity contribution >= 4 is 11.5 Å². The molecule has 0 bridgehead atoms. The summed E-state index contributed by atoms with van der Waals surface area (Å²) >= 11 is 0. The molecule has 0 spiro atoms. The monoisotopic (exact) mass is 565 g/mol. The summed E-state index contributed by atoms with van der Waals surface area (Å²) in [5.74, 6) is -0.0625. The molecule has 0 fully saturated rings. The average molecular weight is 566 g/mol. The Morgan fingerprint density at radius 2 is 2.00 bits per heavy atom. The maximum atomic E-state index is 10.0. The van der Waals surface area contributed by atoms with E-state index in [1.165, 1.54) is 25.5 Å². The van der Waals surface area contributed by atoms with Crippen molar-refractivity contribution < 1.29 is 36.1 Å². The number of aromatic nitrogens is 1. The van der Waals surface area contributed by atoms with E-state index in [2.05, 4.69) is 27.3 Å². The minimum Gasteiger partial charge on any atom is -0.512 e. The van der Waals surface area contributed by atoms with Crippen molar-refractivity contribution in [2.45, 2.75) is 27.0 Å². The normalized spacial score (nSPS) is 10.4. The van der Waals surface area contributed by atoms with E-state index in [1.54, 1.807) is 6.20 Å². The number of pyridine rings is 1. The molecule has 28 heavy (non-hydrogen) atoms. The summed E-state index contributed by atoms with van der Waals surface area (Å²) in [5.41, 5.74) is 4.97. The minimum absolute atomic E-state index is 0. The van der Waals surface area contributed by atoms with Crippen LogP contribution in [0.4, 0.5) is 5.69 Å². The number of allylic oxidation sites excluding steroid dienone is 2. The second-order valence-corrected chi connectivity index (χ2v) is 6.29. The zero-order valence-electron chi connectivity index (χ0n) is 16.9. The van der Waals surface area contributed by atoms with Crippen molar-refractivity contribution in [3.8, 4) is 11.3 Å². The summed E-state index contributed by atoms with van der Waals surface area (Å²) in [7, 11) is 5.97. The molecule has 0 aliphatic carbocycles. The van der Waals surface area contributed by atoms with Gasteiger partial charge in [-0.3, -0.25) is 4.79 Å². The summed E-state index contributed by atoms with van der Waals surface area (Å²) in [6.45, 7) is 3.66. The maximum absolute atomic E-state index is 10.0. The van der Waals surface area contributed by atoms with Crippen LogP contribution in [0.5, 0.6) is 0 Å². The van der Waals surface area contributed by atoms with Gasteiger partial charge in [-0.05, 0) is 58.0 Å². The summed E-state index contributed by atoms with van der Waals surface area (Å²) in [4.78, 5) is 16.4. The standard InChI is InChI=1S/C16H20N3O.C5H8O2.Pt/c1-17-10-14-9-13(4-5-16(14)19(2)3)15-8-12(11-20)6-7-18-15;1-4(6)3-5(2)7;/h5-9,17,20H,10-11H2,1-3H3;3,6H,1-2H3;/q-1;;/b;4-3-;. The second-order valence-electron chi connectivity index (χ2n) is 6.29. The zero-order valence-corrected chi connectivity index (χ0v) is 19.2. The molecule has 7 heteroatoms. The third kappa shape index (κ3) is 8.78. The van der Waals surface area contributed by atoms with Gasteiger partial charge in [0.2, 0.25) is 0 Å². The molecule has 0 atom stereocenters. The van der Waals surface area contributed by atoms with E-state index in [1.807, 2.05) is 39.3 Å². The van der Waals surface area contributed by atoms with E-state index < -0.39 is 0 Å². The Kier molecular flexibility index (Phi) is 12.3. The number of ketones is 1. The molecule has 0 saturated heterocycles. The zero-order chi connectivity index (χ0) is 20.4. The fraction of sp³-hybridized carbons (Fsp3) is 0.333. The molecule has 0 aliphatic rings. The van der Waals surface area contributed by atoms with E-state index in [-0.39, 0.29) is 39.2 Å². The summed E-state index contributed by atoms with van der Waals surface area (Å²) < 4.78 is 0. The van der Waals surface area contributed by atoms with Crippen molar-refractivity contribution in [3.05, 3.63) is 59.5 Å². The van der Waals surface area contributed by atoms with E-state index in [4.69, 9.17) is 5.11 Å². The van der Waals surface area contributed by atoms with Gasteiger partial charge in [-0.15, -0.1) is 23.8 Å². The molecule has 1 aromatic carbocycles. The van der Waals surface area contributed by atoms with E-state index in [0.29, 0.717) is 0 Å². The van der Waals surface area contributed by atoms with Crippen LogP contribution in [0.15, 0.2) is 42.3 Å². The van der Waals surface area contributed by atoms with Crippen LogP contribution >= 0.6 is 0 Å². The Morgan fingerprint density at radius 3 is 2.46 bits per heavy atom. The van der Waals surface area contributed by atoms with Crippen molar-refractivity contribution in [1.29, 1.82) is 0 Å². The number of carbonyl (C=O) groups excluding carboxylic acids is 1. The number of nitrogens with zero attached hydrogens (tertiary/aromatic N) is 2. The van der Waals surface area contributed by atoms with Crippen LogP contribution in [-0.4, -0.2) is 42.1 Å². The number of aliphatic hydroxyl groups excluding tert-OH is 2. The van der Waals surface area contributed by atoms with Gasteiger partial charge in [-0.2, -0.15) is 0 Å². The predicted octanol–water partition coefficient (Wildman–Crippen LogP) is 2.86. The quantitative estimate of drug-likeness (QED) is 0.284. The molecule has 1 heterocycles. The molecule has 0 radical (unpaired) electrons. The van der Waals surface area contributed by atoms with Gasteiger partial charge in [-0.25, -0.2) is 0 Å². The van der Waals surface area contributed by atoms with Crippen LogP contribution in [-0.2, 0) is 39.0 Å². The number of nitrogens with one attached hydrogen (secondary N) is 1. The first-order valence-corrected chi connectivity index (χ1v) is 8.59. The van der Waals surface area contributed by atoms with Gasteiger partial charge in [0, 0.05) is 39.9 Å². The van der Waals surface area contributed by atoms with Crippen molar-refractivity contribution in [3.63, 3.8) is 0 Å². The van der Waals surface area contributed by atoms with Crippen molar-refractivity contribution in [2.75, 3.05) is 26.0 Å². The number of carbonyl (C=O) groups is 1. The van der Waals surface area contributed by atoms with Gasteiger partial charge in [0.1, 0.15) is 0 Å². The summed E-state index contributed by atoms with van der Waals surface area (Å²) in [6.07, 6.45) is 2.88. The number of aliphatic hydroxyl groups is 2. The van der Waals surface area contributed by atoms with E-state index in [0.717, 1.165) is 29.1 Å². The molecule has 0 amide bonds. The molecular weight excluding hydrogens is 537 g/mol. The Morgan fingerprint density at radius 1 is 1.32 bits per heavy atom. The van der Waals surface area contributed by atoms with Crippen LogP contribution in [0.25, 0.3) is 11.3 Å². The van der Waals surface area contributed by atoms with Gasteiger partial charge in [0.05, 0.1) is 12.4 Å². The van der Waals surface area contributed by atoms with E-state index >= 15 is 0 Å². The largest absolute Gasteiger partial charge is 0.512 e. The molecule has 1 aromatic heterocycles. The summed E-state index contributed by atoms with van der Waals surface area (Å²) in [5, 5.41) is 20.8. The number of anilines is 1. The molecule has 0 saturated carbocycles. The van der Waals surface area contributed by atoms with Crippen LogP contribution in [0.2, 0.25) is 0 Å². The fourth-order valence-electron chi connectivity index (χ4n) is 2.44. The molecular formula is C21H28N3O3Pt-. The third-order valence-corrected chi connectivity index (χ3v) is 3.56. The first-order chi connectivity index (χ1) is 12.8. The predicted molar refractivity (Wildman–Crippen MR) is 109 cm³/mol. The molecule has 3 N–H and O–H groups in total. The smallest absolute Gasteiger partial charge is 0.155 e. The van der Waals surface area contributed by atoms with Gasteiger partial charge in [0.25, 0.3) is 0 Å². The summed E-state index contributed by atoms with van der Waals surface area (Å²) in [6, 6.07) is 11.1. The molecule has 156 valence electrons. The molecule has 6 nitrogen and oxygen atoms in total. The average Bonchev–Trinajstić information content (AvgIpc) is 2.61. The molecule has 0 unspecified atom stereocenters. The molecule has 2 aromatic rings. The van der Waals surface area contributed by atoms with Crippen LogP contribution in [0.3, 0.4) is 0 Å². The number of hydrogen-bond acceptors (Lipinski definition) is 6. The third-order valence-electron chi connectivity index (χ3n) is 3.56. The Bertz CT molecular complexity index is 788. The van der Waals surface area contributed by atoms with Crippen molar-refractivity contribution in [2.24, 2.45) is 0 Å². The number of benzene rings is 1. The first kappa shape index (κ1) is 26.0. The number of rotatable bonds is 6. The Labute approximate surface area is 181 Å². The fourth-order valence-corrected chi connectivity index (χ4v) is 2.44. The number of hydrogen-bond donors (Lipinski definition) is 3. The van der Waals surface area contributed by atoms with Crippen LogP contribution < -0.4 is 10.2 Å². The van der Waals surface area contributed by atoms with Gasteiger partial charge >= 0.3 is 0 Å². The molecule has 2 rings (SSSR count). The molecule has 0 aliphatic heterocycles. The van der Waals surface area contributed by atoms with Gasteiger partial charge < -0.3 is 25.4 Å². The van der Waals surface area contributed by atoms with Gasteiger partial charge in [-0.1, -0.05) is 11.6 Å². The SMILES string of the molecule is CC(=O)/C=C(/C)O.CNCc1cc(-c2cc(CO)ccn2)[c-]cc1N(C)C.[Pt]. The minimum atomic E-state index is -0.125. The van der Waals surface area contributed by atoms with Crippen molar-refractivity contribution in [1.82, 2.24) is 10.3 Å². The van der Waals surface area contributed by atoms with Crippen LogP contribution in [0, 0.1) is 6.07 Å². The Balaban J connectivity index is 0.000000786. The Hall–Kier alpha value is -2.01. The first-order valence-electron chi connectivity index (χ1n) is 8.59. The second kappa shape index (κ2) is 13.2. The maximum Gasteiger partial charge on any atom is 0.155 e.